The lowest BCUT2D eigenvalue weighted by atomic mass is 9.79. The van der Waals surface area contributed by atoms with Gasteiger partial charge in [0.1, 0.15) is 6.04 Å². The number of pyridine rings is 1. The molecule has 2 saturated heterocycles. The monoisotopic (exact) mass is 431 g/mol. The second-order valence-corrected chi connectivity index (χ2v) is 11.1. The van der Waals surface area contributed by atoms with Gasteiger partial charge in [0.2, 0.25) is 11.8 Å². The molecular weight excluding hydrogens is 402 g/mol. The van der Waals surface area contributed by atoms with Crippen molar-refractivity contribution in [3.05, 3.63) is 42.1 Å². The quantitative estimate of drug-likeness (QED) is 0.642. The van der Waals surface area contributed by atoms with Gasteiger partial charge in [0.25, 0.3) is 0 Å². The molecule has 1 aromatic carbocycles. The van der Waals surface area contributed by atoms with Crippen molar-refractivity contribution in [1.82, 2.24) is 9.88 Å². The van der Waals surface area contributed by atoms with Crippen LogP contribution >= 0.6 is 0 Å². The summed E-state index contributed by atoms with van der Waals surface area (Å²) < 4.78 is 0. The highest BCUT2D eigenvalue weighted by molar-refractivity contribution is 6.13. The van der Waals surface area contributed by atoms with Crippen molar-refractivity contribution in [1.29, 1.82) is 0 Å². The molecule has 3 aliphatic heterocycles. The minimum atomic E-state index is -0.717. The molecule has 0 N–H and O–H groups in total. The van der Waals surface area contributed by atoms with Crippen LogP contribution in [-0.4, -0.2) is 45.1 Å². The van der Waals surface area contributed by atoms with Crippen molar-refractivity contribution < 1.29 is 14.4 Å². The molecule has 0 bridgehead atoms. The van der Waals surface area contributed by atoms with Crippen molar-refractivity contribution in [2.45, 2.75) is 59.2 Å². The van der Waals surface area contributed by atoms with Crippen LogP contribution in [0.4, 0.5) is 5.69 Å². The number of hydrogen-bond donors (Lipinski definition) is 0. The summed E-state index contributed by atoms with van der Waals surface area (Å²) >= 11 is 0. The summed E-state index contributed by atoms with van der Waals surface area (Å²) in [6, 6.07) is 6.83. The number of hydrogen-bond acceptors (Lipinski definition) is 5. The predicted octanol–water partition coefficient (Wildman–Crippen LogP) is 3.83. The van der Waals surface area contributed by atoms with Crippen LogP contribution in [0, 0.1) is 17.3 Å². The van der Waals surface area contributed by atoms with Crippen molar-refractivity contribution in [2.24, 2.45) is 17.3 Å². The van der Waals surface area contributed by atoms with Crippen LogP contribution in [0.2, 0.25) is 0 Å². The lowest BCUT2D eigenvalue weighted by Crippen LogP contribution is -2.54. The van der Waals surface area contributed by atoms with Crippen LogP contribution in [0.5, 0.6) is 0 Å². The number of fused-ring (bicyclic) bond motifs is 7. The summed E-state index contributed by atoms with van der Waals surface area (Å²) in [5, 5.41) is 0.966. The maximum Gasteiger partial charge on any atom is 0.236 e. The minimum Gasteiger partial charge on any atom is -0.351 e. The first kappa shape index (κ1) is 20.9. The van der Waals surface area contributed by atoms with Gasteiger partial charge in [0, 0.05) is 22.5 Å². The van der Waals surface area contributed by atoms with E-state index in [2.05, 4.69) is 4.98 Å². The van der Waals surface area contributed by atoms with Crippen molar-refractivity contribution >= 4 is 40.3 Å². The third-order valence-corrected chi connectivity index (χ3v) is 6.92. The number of carbonyl (C=O) groups excluding carboxylic acids is 3. The molecule has 4 heterocycles. The highest BCUT2D eigenvalue weighted by Gasteiger charge is 2.66. The van der Waals surface area contributed by atoms with E-state index >= 15 is 0 Å². The van der Waals surface area contributed by atoms with Gasteiger partial charge in [-0.2, -0.15) is 0 Å². The number of anilines is 1. The maximum atomic E-state index is 13.9. The molecule has 0 saturated carbocycles. The molecule has 0 spiro atoms. The Balaban J connectivity index is 1.76. The van der Waals surface area contributed by atoms with Crippen LogP contribution in [0.25, 0.3) is 17.0 Å². The van der Waals surface area contributed by atoms with Crippen LogP contribution in [-0.2, 0) is 14.4 Å². The highest BCUT2D eigenvalue weighted by Crippen LogP contribution is 2.52. The zero-order valence-electron chi connectivity index (χ0n) is 19.4. The topological polar surface area (TPSA) is 70.6 Å². The van der Waals surface area contributed by atoms with Gasteiger partial charge in [-0.15, -0.1) is 0 Å². The fourth-order valence-corrected chi connectivity index (χ4v) is 5.58. The number of imide groups is 1. The zero-order chi connectivity index (χ0) is 23.2. The summed E-state index contributed by atoms with van der Waals surface area (Å²) in [5.41, 5.74) is 1.28. The maximum absolute atomic E-state index is 13.9. The molecule has 166 valence electrons. The van der Waals surface area contributed by atoms with Crippen molar-refractivity contribution in [3.8, 4) is 0 Å². The Hall–Kier alpha value is -3.02. The normalized spacial score (nSPS) is 27.1. The van der Waals surface area contributed by atoms with Crippen molar-refractivity contribution in [3.63, 3.8) is 0 Å². The van der Waals surface area contributed by atoms with Gasteiger partial charge in [0.05, 0.1) is 29.1 Å². The molecule has 0 radical (unpaired) electrons. The van der Waals surface area contributed by atoms with Gasteiger partial charge < -0.3 is 4.90 Å². The van der Waals surface area contributed by atoms with Gasteiger partial charge in [0.15, 0.2) is 5.78 Å². The number of ketones is 1. The number of Topliss-reactive ketones (excluding diaryl/α,β-unsaturated/α-hetero) is 1. The number of rotatable bonds is 1. The molecule has 5 rings (SSSR count). The molecule has 2 aromatic rings. The van der Waals surface area contributed by atoms with E-state index in [1.807, 2.05) is 82.9 Å². The number of likely N-dealkylation sites (tertiary alicyclic amines) is 1. The Morgan fingerprint density at radius 1 is 0.969 bits per heavy atom. The zero-order valence-corrected chi connectivity index (χ0v) is 19.4. The Morgan fingerprint density at radius 2 is 1.66 bits per heavy atom. The first-order chi connectivity index (χ1) is 14.9. The van der Waals surface area contributed by atoms with Gasteiger partial charge in [-0.25, -0.2) is 0 Å². The van der Waals surface area contributed by atoms with E-state index in [1.54, 1.807) is 6.20 Å². The average molecular weight is 432 g/mol. The third-order valence-electron chi connectivity index (χ3n) is 6.92. The first-order valence-electron chi connectivity index (χ1n) is 11.2. The van der Waals surface area contributed by atoms with Crippen LogP contribution in [0.15, 0.2) is 36.5 Å². The van der Waals surface area contributed by atoms with Gasteiger partial charge >= 0.3 is 0 Å². The van der Waals surface area contributed by atoms with E-state index in [9.17, 15) is 14.4 Å². The summed E-state index contributed by atoms with van der Waals surface area (Å²) in [7, 11) is 0. The number of benzene rings is 1. The van der Waals surface area contributed by atoms with E-state index in [0.717, 1.165) is 22.2 Å². The smallest absolute Gasteiger partial charge is 0.236 e. The Bertz CT molecular complexity index is 1200. The Morgan fingerprint density at radius 3 is 2.31 bits per heavy atom. The average Bonchev–Trinajstić information content (AvgIpc) is 3.18. The van der Waals surface area contributed by atoms with E-state index in [1.165, 1.54) is 4.90 Å². The van der Waals surface area contributed by atoms with Crippen molar-refractivity contribution in [2.75, 3.05) is 4.90 Å². The van der Waals surface area contributed by atoms with E-state index in [4.69, 9.17) is 0 Å². The van der Waals surface area contributed by atoms with Gasteiger partial charge in [-0.1, -0.05) is 51.1 Å². The summed E-state index contributed by atoms with van der Waals surface area (Å²) in [4.78, 5) is 49.2. The fourth-order valence-electron chi connectivity index (χ4n) is 5.58. The molecule has 6 heteroatoms. The largest absolute Gasteiger partial charge is 0.351 e. The second kappa shape index (κ2) is 6.50. The molecule has 4 atom stereocenters. The Kier molecular flexibility index (Phi) is 4.24. The first-order valence-corrected chi connectivity index (χ1v) is 11.2. The van der Waals surface area contributed by atoms with Gasteiger partial charge in [-0.3, -0.25) is 24.3 Å². The molecule has 0 aliphatic carbocycles. The number of nitrogens with zero attached hydrogens (tertiary/aromatic N) is 3. The van der Waals surface area contributed by atoms with E-state index in [-0.39, 0.29) is 23.6 Å². The molecule has 2 fully saturated rings. The van der Waals surface area contributed by atoms with Crippen LogP contribution in [0.3, 0.4) is 0 Å². The summed E-state index contributed by atoms with van der Waals surface area (Å²) in [5.74, 6) is -1.74. The lowest BCUT2D eigenvalue weighted by molar-refractivity contribution is -0.146. The molecule has 3 aliphatic rings. The minimum absolute atomic E-state index is 0.0268. The third kappa shape index (κ3) is 2.71. The predicted molar refractivity (Wildman–Crippen MR) is 124 cm³/mol. The van der Waals surface area contributed by atoms with Crippen LogP contribution < -0.4 is 4.90 Å². The number of amides is 2. The number of aromatic nitrogens is 1. The molecular formula is C26H29N3O3. The molecule has 2 amide bonds. The molecule has 0 unspecified atom stereocenters. The van der Waals surface area contributed by atoms with Gasteiger partial charge in [-0.05, 0) is 32.4 Å². The molecule has 32 heavy (non-hydrogen) atoms. The lowest BCUT2D eigenvalue weighted by Gasteiger charge is -2.40. The van der Waals surface area contributed by atoms with Crippen LogP contribution in [0.1, 0.15) is 47.1 Å². The second-order valence-electron chi connectivity index (χ2n) is 11.1. The molecule has 1 aromatic heterocycles. The SMILES string of the molecule is CC(C)(C)C(=O)[C@@H]1[C@@H]2C(=O)N(C(C)(C)C)C(=O)[C@@H]2[C@@H]2C=Cc3ccc4cccnc4c3N12. The number of carbonyl (C=O) groups is 3. The molecule has 6 nitrogen and oxygen atoms in total. The summed E-state index contributed by atoms with van der Waals surface area (Å²) in [6.07, 6.45) is 5.73. The fraction of sp³-hybridized carbons (Fsp3) is 0.462. The Labute approximate surface area is 188 Å². The standard InChI is InChI=1S/C26H29N3O3/c1-25(2,3)22(30)21-18-17(23(31)29(24(18)32)26(4,5)6)16-12-11-15-10-9-14-8-7-13-27-19(14)20(15)28(16)21/h7-13,16-18,21H,1-6H3/t16-,17+,18+,21-/m0/s1. The highest BCUT2D eigenvalue weighted by atomic mass is 16.2. The van der Waals surface area contributed by atoms with E-state index in [0.29, 0.717) is 0 Å². The van der Waals surface area contributed by atoms with E-state index < -0.39 is 28.8 Å². The summed E-state index contributed by atoms with van der Waals surface area (Å²) in [6.45, 7) is 11.2.